The molecule has 0 N–H and O–H groups in total. The molecule has 0 aromatic rings. The molecule has 31 heavy (non-hydrogen) atoms. The monoisotopic (exact) mass is 444 g/mol. The van der Waals surface area contributed by atoms with E-state index in [0.717, 1.165) is 17.8 Å². The fourth-order valence-corrected chi connectivity index (χ4v) is 9.71. The van der Waals surface area contributed by atoms with Gasteiger partial charge >= 0.3 is 0 Å². The van der Waals surface area contributed by atoms with Crippen molar-refractivity contribution in [2.45, 2.75) is 117 Å². The fraction of sp³-hybridized carbons (Fsp3) is 0.893. The lowest BCUT2D eigenvalue weighted by molar-refractivity contribution is -0.115. The first kappa shape index (κ1) is 23.7. The topological polar surface area (TPSA) is 26.3 Å². The van der Waals surface area contributed by atoms with E-state index in [0.29, 0.717) is 22.9 Å². The van der Waals surface area contributed by atoms with Crippen molar-refractivity contribution in [2.24, 2.45) is 40.4 Å². The van der Waals surface area contributed by atoms with E-state index in [1.165, 1.54) is 57.7 Å². The molecule has 0 aliphatic heterocycles. The van der Waals surface area contributed by atoms with Crippen LogP contribution in [0.3, 0.4) is 0 Å². The predicted molar refractivity (Wildman–Crippen MR) is 132 cm³/mol. The third-order valence-electron chi connectivity index (χ3n) is 11.2. The van der Waals surface area contributed by atoms with Crippen LogP contribution in [-0.2, 0) is 9.22 Å². The standard InChI is InChI=1S/C28H48O2Si/c1-19(18-29)23-11-12-24-22-10-9-20-17-21(30-31(7,8)26(2,3)4)13-15-27(20,5)25(22)14-16-28(23,24)6/h9,18-19,21-25H,10-17H2,1-8H3/t19-,21-,22-,23+,24-,25-,27-,28+/m0/s1. The maximum Gasteiger partial charge on any atom is 0.192 e. The highest BCUT2D eigenvalue weighted by Gasteiger charge is 2.59. The van der Waals surface area contributed by atoms with Gasteiger partial charge in [0.25, 0.3) is 0 Å². The molecule has 8 atom stereocenters. The summed E-state index contributed by atoms with van der Waals surface area (Å²) in [7, 11) is -1.71. The van der Waals surface area contributed by atoms with Crippen LogP contribution in [0.1, 0.15) is 92.9 Å². The van der Waals surface area contributed by atoms with Crippen LogP contribution in [0.25, 0.3) is 0 Å². The SMILES string of the molecule is C[C@@H](C=O)[C@H]1CC[C@H]2[C@@H]3CC=C4C[C@@H](O[Si](C)(C)C(C)(C)C)CC[C@]4(C)[C@H]3CC[C@]12C. The number of carbonyl (C=O) groups is 1. The molecular weight excluding hydrogens is 396 g/mol. The Morgan fingerprint density at radius 2 is 1.81 bits per heavy atom. The molecule has 0 aromatic heterocycles. The van der Waals surface area contributed by atoms with E-state index < -0.39 is 8.32 Å². The normalized spacial score (nSPS) is 44.0. The first-order chi connectivity index (χ1) is 14.3. The van der Waals surface area contributed by atoms with Crippen molar-refractivity contribution in [2.75, 3.05) is 0 Å². The maximum absolute atomic E-state index is 11.6. The average Bonchev–Trinajstić information content (AvgIpc) is 3.04. The van der Waals surface area contributed by atoms with Gasteiger partial charge in [0.2, 0.25) is 0 Å². The van der Waals surface area contributed by atoms with Crippen molar-refractivity contribution in [1.29, 1.82) is 0 Å². The van der Waals surface area contributed by atoms with Crippen LogP contribution in [0.4, 0.5) is 0 Å². The summed E-state index contributed by atoms with van der Waals surface area (Å²) in [4.78, 5) is 11.6. The minimum atomic E-state index is -1.71. The average molecular weight is 445 g/mol. The Kier molecular flexibility index (Phi) is 5.99. The van der Waals surface area contributed by atoms with Gasteiger partial charge in [0.15, 0.2) is 8.32 Å². The zero-order valence-corrected chi connectivity index (χ0v) is 22.6. The van der Waals surface area contributed by atoms with E-state index >= 15 is 0 Å². The van der Waals surface area contributed by atoms with Crippen molar-refractivity contribution < 1.29 is 9.22 Å². The van der Waals surface area contributed by atoms with Crippen molar-refractivity contribution >= 4 is 14.6 Å². The van der Waals surface area contributed by atoms with Gasteiger partial charge in [0, 0.05) is 12.0 Å². The Morgan fingerprint density at radius 1 is 1.10 bits per heavy atom. The van der Waals surface area contributed by atoms with Crippen LogP contribution in [-0.4, -0.2) is 20.7 Å². The quantitative estimate of drug-likeness (QED) is 0.251. The molecule has 0 heterocycles. The highest BCUT2D eigenvalue weighted by molar-refractivity contribution is 6.74. The number of hydrogen-bond donors (Lipinski definition) is 0. The molecule has 176 valence electrons. The second-order valence-electron chi connectivity index (χ2n) is 13.7. The van der Waals surface area contributed by atoms with Gasteiger partial charge in [-0.05, 0) is 104 Å². The first-order valence-corrected chi connectivity index (χ1v) is 16.1. The molecule has 0 saturated heterocycles. The number of rotatable bonds is 4. The van der Waals surface area contributed by atoms with Crippen LogP contribution in [0.2, 0.25) is 18.1 Å². The Labute approximate surface area is 193 Å². The number of aldehydes is 1. The van der Waals surface area contributed by atoms with Gasteiger partial charge in [-0.2, -0.15) is 0 Å². The molecule has 2 nitrogen and oxygen atoms in total. The number of fused-ring (bicyclic) bond motifs is 5. The second-order valence-corrected chi connectivity index (χ2v) is 18.5. The van der Waals surface area contributed by atoms with Crippen molar-refractivity contribution in [3.63, 3.8) is 0 Å². The summed E-state index contributed by atoms with van der Waals surface area (Å²) >= 11 is 0. The van der Waals surface area contributed by atoms with Crippen LogP contribution >= 0.6 is 0 Å². The van der Waals surface area contributed by atoms with Crippen LogP contribution in [0, 0.1) is 40.4 Å². The largest absolute Gasteiger partial charge is 0.414 e. The van der Waals surface area contributed by atoms with E-state index in [9.17, 15) is 4.79 Å². The molecule has 0 radical (unpaired) electrons. The Bertz CT molecular complexity index is 734. The first-order valence-electron chi connectivity index (χ1n) is 13.2. The van der Waals surface area contributed by atoms with E-state index in [-0.39, 0.29) is 11.0 Å². The molecule has 3 heteroatoms. The van der Waals surface area contributed by atoms with E-state index in [4.69, 9.17) is 4.43 Å². The van der Waals surface area contributed by atoms with Crippen molar-refractivity contribution in [1.82, 2.24) is 0 Å². The van der Waals surface area contributed by atoms with Gasteiger partial charge in [0.05, 0.1) is 0 Å². The molecule has 0 unspecified atom stereocenters. The minimum absolute atomic E-state index is 0.222. The summed E-state index contributed by atoms with van der Waals surface area (Å²) in [6.07, 6.45) is 14.6. The number of allylic oxidation sites excluding steroid dienone is 1. The fourth-order valence-electron chi connectivity index (χ4n) is 8.32. The lowest BCUT2D eigenvalue weighted by atomic mass is 9.47. The van der Waals surface area contributed by atoms with Crippen LogP contribution < -0.4 is 0 Å². The van der Waals surface area contributed by atoms with E-state index in [2.05, 4.69) is 60.7 Å². The summed E-state index contributed by atoms with van der Waals surface area (Å²) in [5.41, 5.74) is 2.49. The smallest absolute Gasteiger partial charge is 0.192 e. The van der Waals surface area contributed by atoms with Gasteiger partial charge < -0.3 is 9.22 Å². The number of carbonyl (C=O) groups excluding carboxylic acids is 1. The Morgan fingerprint density at radius 3 is 2.45 bits per heavy atom. The highest BCUT2D eigenvalue weighted by Crippen LogP contribution is 2.67. The maximum atomic E-state index is 11.6. The Balaban J connectivity index is 1.53. The minimum Gasteiger partial charge on any atom is -0.414 e. The molecule has 0 bridgehead atoms. The molecule has 0 spiro atoms. The van der Waals surface area contributed by atoms with Crippen LogP contribution in [0.5, 0.6) is 0 Å². The van der Waals surface area contributed by atoms with Gasteiger partial charge in [-0.25, -0.2) is 0 Å². The highest BCUT2D eigenvalue weighted by atomic mass is 28.4. The molecule has 4 aliphatic rings. The zero-order chi connectivity index (χ0) is 22.8. The summed E-state index contributed by atoms with van der Waals surface area (Å²) in [5, 5.41) is 0.283. The third-order valence-corrected chi connectivity index (χ3v) is 15.8. The summed E-state index contributed by atoms with van der Waals surface area (Å²) < 4.78 is 6.88. The summed E-state index contributed by atoms with van der Waals surface area (Å²) in [6, 6.07) is 0. The van der Waals surface area contributed by atoms with Gasteiger partial charge in [-0.15, -0.1) is 0 Å². The Hall–Kier alpha value is -0.413. The number of hydrogen-bond acceptors (Lipinski definition) is 2. The van der Waals surface area contributed by atoms with Gasteiger partial charge in [-0.1, -0.05) is 53.2 Å². The second kappa shape index (κ2) is 7.83. The van der Waals surface area contributed by atoms with Crippen molar-refractivity contribution in [3.05, 3.63) is 11.6 Å². The van der Waals surface area contributed by atoms with Crippen LogP contribution in [0.15, 0.2) is 11.6 Å². The molecule has 0 amide bonds. The van der Waals surface area contributed by atoms with Gasteiger partial charge in [-0.3, -0.25) is 0 Å². The van der Waals surface area contributed by atoms with E-state index in [1.807, 2.05) is 0 Å². The lowest BCUT2D eigenvalue weighted by Crippen LogP contribution is -2.52. The molecule has 3 fully saturated rings. The molecule has 4 rings (SSSR count). The lowest BCUT2D eigenvalue weighted by Gasteiger charge is -2.58. The van der Waals surface area contributed by atoms with Crippen molar-refractivity contribution in [3.8, 4) is 0 Å². The molecule has 4 aliphatic carbocycles. The molecule has 3 saturated carbocycles. The van der Waals surface area contributed by atoms with Gasteiger partial charge in [0.1, 0.15) is 6.29 Å². The zero-order valence-electron chi connectivity index (χ0n) is 21.6. The third kappa shape index (κ3) is 3.74. The molecular formula is C28H48O2Si. The summed E-state index contributed by atoms with van der Waals surface area (Å²) in [6.45, 7) is 19.2. The summed E-state index contributed by atoms with van der Waals surface area (Å²) in [5.74, 6) is 3.30. The van der Waals surface area contributed by atoms with E-state index in [1.54, 1.807) is 5.57 Å². The molecule has 0 aromatic carbocycles. The predicted octanol–water partition coefficient (Wildman–Crippen LogP) is 7.79.